The zero-order valence-corrected chi connectivity index (χ0v) is 15.6. The van der Waals surface area contributed by atoms with Gasteiger partial charge in [-0.15, -0.1) is 11.3 Å². The molecule has 0 N–H and O–H groups in total. The molecule has 1 saturated heterocycles. The molecular weight excluding hydrogens is 409 g/mol. The molecule has 4 rings (SSSR count). The van der Waals surface area contributed by atoms with Gasteiger partial charge in [-0.2, -0.15) is 4.98 Å². The summed E-state index contributed by atoms with van der Waals surface area (Å²) in [6, 6.07) is 8.23. The molecule has 0 amide bonds. The van der Waals surface area contributed by atoms with Crippen molar-refractivity contribution in [3.8, 4) is 10.7 Å². The van der Waals surface area contributed by atoms with E-state index < -0.39 is 6.04 Å². The van der Waals surface area contributed by atoms with E-state index in [1.54, 1.807) is 12.1 Å². The van der Waals surface area contributed by atoms with Crippen LogP contribution in [0.25, 0.3) is 10.7 Å². The number of aromatic nitrogens is 2. The Morgan fingerprint density at radius 3 is 2.76 bits per heavy atom. The minimum absolute atomic E-state index is 0.280. The van der Waals surface area contributed by atoms with Crippen LogP contribution >= 0.6 is 27.3 Å². The molecule has 0 aliphatic carbocycles. The number of ether oxygens (including phenoxy) is 1. The number of hydrogen-bond donors (Lipinski definition) is 0. The van der Waals surface area contributed by atoms with Crippen molar-refractivity contribution in [2.24, 2.45) is 0 Å². The van der Waals surface area contributed by atoms with Crippen LogP contribution in [0.5, 0.6) is 0 Å². The maximum absolute atomic E-state index is 14.5. The van der Waals surface area contributed by atoms with Gasteiger partial charge in [-0.05, 0) is 28.1 Å². The van der Waals surface area contributed by atoms with E-state index in [1.165, 1.54) is 17.4 Å². The van der Waals surface area contributed by atoms with Crippen LogP contribution in [0.15, 0.2) is 44.7 Å². The molecule has 130 valence electrons. The Hall–Kier alpha value is -1.61. The molecule has 3 heterocycles. The van der Waals surface area contributed by atoms with Crippen molar-refractivity contribution in [1.82, 2.24) is 15.0 Å². The number of hydrogen-bond acceptors (Lipinski definition) is 6. The van der Waals surface area contributed by atoms with E-state index in [0.717, 1.165) is 9.35 Å². The molecule has 1 aromatic carbocycles. The lowest BCUT2D eigenvalue weighted by molar-refractivity contribution is 0.0174. The molecule has 1 aliphatic rings. The van der Waals surface area contributed by atoms with Gasteiger partial charge in [0.05, 0.1) is 18.1 Å². The van der Waals surface area contributed by atoms with Gasteiger partial charge < -0.3 is 9.26 Å². The number of rotatable bonds is 4. The third-order valence-corrected chi connectivity index (χ3v) is 5.76. The van der Waals surface area contributed by atoms with Gasteiger partial charge in [0.1, 0.15) is 11.9 Å². The summed E-state index contributed by atoms with van der Waals surface area (Å²) in [5, 5.41) is 6.05. The maximum atomic E-state index is 14.5. The quantitative estimate of drug-likeness (QED) is 0.631. The zero-order valence-electron chi connectivity index (χ0n) is 13.2. The van der Waals surface area contributed by atoms with E-state index in [9.17, 15) is 4.39 Å². The SMILES string of the molecule is Fc1ccccc1C(c1nc(-c2cc(Br)cs2)no1)N1CCOCC1. The van der Waals surface area contributed by atoms with Gasteiger partial charge in [0.15, 0.2) is 0 Å². The highest BCUT2D eigenvalue weighted by atomic mass is 79.9. The van der Waals surface area contributed by atoms with Crippen LogP contribution in [-0.4, -0.2) is 41.3 Å². The lowest BCUT2D eigenvalue weighted by atomic mass is 10.0. The van der Waals surface area contributed by atoms with Gasteiger partial charge in [-0.3, -0.25) is 4.90 Å². The summed E-state index contributed by atoms with van der Waals surface area (Å²) in [7, 11) is 0. The second-order valence-corrected chi connectivity index (χ2v) is 7.48. The van der Waals surface area contributed by atoms with Gasteiger partial charge in [-0.25, -0.2) is 4.39 Å². The number of halogens is 2. The van der Waals surface area contributed by atoms with Crippen molar-refractivity contribution >= 4 is 27.3 Å². The minimum atomic E-state index is -0.422. The van der Waals surface area contributed by atoms with Crippen LogP contribution in [-0.2, 0) is 4.74 Å². The molecule has 3 aromatic rings. The Morgan fingerprint density at radius 2 is 2.04 bits per heavy atom. The van der Waals surface area contributed by atoms with E-state index >= 15 is 0 Å². The highest BCUT2D eigenvalue weighted by Gasteiger charge is 2.31. The molecule has 8 heteroatoms. The molecule has 0 saturated carbocycles. The second-order valence-electron chi connectivity index (χ2n) is 5.66. The van der Waals surface area contributed by atoms with E-state index in [2.05, 4.69) is 31.0 Å². The number of thiophene rings is 1. The Kier molecular flexibility index (Phi) is 4.93. The van der Waals surface area contributed by atoms with Crippen LogP contribution in [0.3, 0.4) is 0 Å². The van der Waals surface area contributed by atoms with Crippen LogP contribution in [0.2, 0.25) is 0 Å². The fourth-order valence-corrected chi connectivity index (χ4v) is 4.25. The summed E-state index contributed by atoms with van der Waals surface area (Å²) in [4.78, 5) is 7.56. The highest BCUT2D eigenvalue weighted by Crippen LogP contribution is 2.33. The van der Waals surface area contributed by atoms with E-state index in [1.807, 2.05) is 17.5 Å². The molecule has 1 fully saturated rings. The Labute approximate surface area is 156 Å². The van der Waals surface area contributed by atoms with Crippen molar-refractivity contribution < 1.29 is 13.7 Å². The van der Waals surface area contributed by atoms with Gasteiger partial charge >= 0.3 is 0 Å². The number of nitrogens with zero attached hydrogens (tertiary/aromatic N) is 3. The first-order valence-corrected chi connectivity index (χ1v) is 9.54. The summed E-state index contributed by atoms with van der Waals surface area (Å²) in [6.45, 7) is 2.57. The molecule has 0 bridgehead atoms. The zero-order chi connectivity index (χ0) is 17.2. The molecule has 25 heavy (non-hydrogen) atoms. The topological polar surface area (TPSA) is 51.4 Å². The number of morpholine rings is 1. The highest BCUT2D eigenvalue weighted by molar-refractivity contribution is 9.10. The average Bonchev–Trinajstić information content (AvgIpc) is 3.27. The molecule has 1 unspecified atom stereocenters. The first-order chi connectivity index (χ1) is 12.2. The summed E-state index contributed by atoms with van der Waals surface area (Å²) in [6.07, 6.45) is 0. The molecular formula is C17H15BrFN3O2S. The maximum Gasteiger partial charge on any atom is 0.249 e. The lowest BCUT2D eigenvalue weighted by Crippen LogP contribution is -2.40. The normalized spacial score (nSPS) is 16.9. The monoisotopic (exact) mass is 423 g/mol. The fraction of sp³-hybridized carbons (Fsp3) is 0.294. The molecule has 2 aromatic heterocycles. The largest absolute Gasteiger partial charge is 0.379 e. The summed E-state index contributed by atoms with van der Waals surface area (Å²) in [5.41, 5.74) is 0.534. The van der Waals surface area contributed by atoms with Crippen LogP contribution in [0.4, 0.5) is 4.39 Å². The Balaban J connectivity index is 1.73. The molecule has 1 atom stereocenters. The van der Waals surface area contributed by atoms with Crippen molar-refractivity contribution in [2.75, 3.05) is 26.3 Å². The van der Waals surface area contributed by atoms with Crippen LogP contribution in [0, 0.1) is 5.82 Å². The van der Waals surface area contributed by atoms with Crippen molar-refractivity contribution in [1.29, 1.82) is 0 Å². The van der Waals surface area contributed by atoms with Gasteiger partial charge in [0, 0.05) is 28.5 Å². The van der Waals surface area contributed by atoms with Gasteiger partial charge in [0.2, 0.25) is 11.7 Å². The van der Waals surface area contributed by atoms with Crippen molar-refractivity contribution in [3.63, 3.8) is 0 Å². The third-order valence-electron chi connectivity index (χ3n) is 4.07. The van der Waals surface area contributed by atoms with Crippen molar-refractivity contribution in [2.45, 2.75) is 6.04 Å². The summed E-state index contributed by atoms with van der Waals surface area (Å²) < 4.78 is 26.4. The molecule has 0 spiro atoms. The fourth-order valence-electron chi connectivity index (χ4n) is 2.90. The summed E-state index contributed by atoms with van der Waals surface area (Å²) >= 11 is 4.95. The Morgan fingerprint density at radius 1 is 1.24 bits per heavy atom. The Bertz CT molecular complexity index is 863. The predicted molar refractivity (Wildman–Crippen MR) is 95.9 cm³/mol. The standard InChI is InChI=1S/C17H15BrFN3O2S/c18-11-9-14(25-10-11)16-20-17(24-21-16)15(22-5-7-23-8-6-22)12-3-1-2-4-13(12)19/h1-4,9-10,15H,5-8H2. The molecule has 5 nitrogen and oxygen atoms in total. The van der Waals surface area contributed by atoms with Crippen LogP contribution < -0.4 is 0 Å². The molecule has 1 aliphatic heterocycles. The smallest absolute Gasteiger partial charge is 0.249 e. The van der Waals surface area contributed by atoms with E-state index in [0.29, 0.717) is 43.6 Å². The number of benzene rings is 1. The third kappa shape index (κ3) is 3.52. The lowest BCUT2D eigenvalue weighted by Gasteiger charge is -2.32. The predicted octanol–water partition coefficient (Wildman–Crippen LogP) is 4.12. The second kappa shape index (κ2) is 7.33. The summed E-state index contributed by atoms with van der Waals surface area (Å²) in [5.74, 6) is 0.629. The van der Waals surface area contributed by atoms with E-state index in [-0.39, 0.29) is 5.82 Å². The molecule has 0 radical (unpaired) electrons. The first kappa shape index (κ1) is 16.8. The first-order valence-electron chi connectivity index (χ1n) is 7.86. The minimum Gasteiger partial charge on any atom is -0.379 e. The van der Waals surface area contributed by atoms with Gasteiger partial charge in [-0.1, -0.05) is 23.4 Å². The van der Waals surface area contributed by atoms with Gasteiger partial charge in [0.25, 0.3) is 0 Å². The average molecular weight is 424 g/mol. The van der Waals surface area contributed by atoms with Crippen LogP contribution in [0.1, 0.15) is 17.5 Å². The van der Waals surface area contributed by atoms with Crippen molar-refractivity contribution in [3.05, 3.63) is 57.5 Å². The van der Waals surface area contributed by atoms with E-state index in [4.69, 9.17) is 9.26 Å².